The standard InChI is InChI=1S/C27H34N4O3S/c1-5-24-25(21-10-6-19(2)7-11-21)35(33,34)29-26(24)31-16-14-22(15-17-31)27(32)28-18-20-8-12-23(13-9-20)30(3)4/h6-13,22H,5,14-18H2,1-4H3,(H,28,32). The van der Waals surface area contributed by atoms with E-state index in [0.29, 0.717) is 55.2 Å². The Kier molecular flexibility index (Phi) is 7.31. The highest BCUT2D eigenvalue weighted by Gasteiger charge is 2.36. The number of benzene rings is 2. The first kappa shape index (κ1) is 25.0. The van der Waals surface area contributed by atoms with Gasteiger partial charge in [-0.25, -0.2) is 0 Å². The number of amides is 1. The Balaban J connectivity index is 1.39. The van der Waals surface area contributed by atoms with Crippen LogP contribution in [-0.4, -0.2) is 52.2 Å². The normalized spacial score (nSPS) is 17.9. The molecule has 1 N–H and O–H groups in total. The Bertz CT molecular complexity index is 1240. The summed E-state index contributed by atoms with van der Waals surface area (Å²) in [6.07, 6.45) is 1.91. The number of rotatable bonds is 6. The number of carbonyl (C=O) groups is 1. The number of likely N-dealkylation sites (tertiary alicyclic amines) is 1. The minimum absolute atomic E-state index is 0.0499. The van der Waals surface area contributed by atoms with Crippen molar-refractivity contribution in [1.82, 2.24) is 10.2 Å². The molecule has 0 unspecified atom stereocenters. The second-order valence-electron chi connectivity index (χ2n) is 9.46. The predicted octanol–water partition coefficient (Wildman–Crippen LogP) is 3.95. The fourth-order valence-corrected chi connectivity index (χ4v) is 6.19. The van der Waals surface area contributed by atoms with Gasteiger partial charge in [0.25, 0.3) is 10.0 Å². The lowest BCUT2D eigenvalue weighted by atomic mass is 9.94. The number of sulfonamides is 1. The number of nitrogens with zero attached hydrogens (tertiary/aromatic N) is 3. The summed E-state index contributed by atoms with van der Waals surface area (Å²) in [5.41, 5.74) is 4.70. The average molecular weight is 495 g/mol. The van der Waals surface area contributed by atoms with Crippen LogP contribution in [0.15, 0.2) is 58.5 Å². The van der Waals surface area contributed by atoms with Crippen molar-refractivity contribution < 1.29 is 13.2 Å². The van der Waals surface area contributed by atoms with E-state index in [2.05, 4.69) is 9.71 Å². The minimum atomic E-state index is -3.75. The maximum absolute atomic E-state index is 13.0. The van der Waals surface area contributed by atoms with Crippen molar-refractivity contribution >= 4 is 32.4 Å². The third kappa shape index (κ3) is 5.42. The van der Waals surface area contributed by atoms with Crippen LogP contribution in [0, 0.1) is 12.8 Å². The first-order valence-corrected chi connectivity index (χ1v) is 13.6. The molecule has 2 aromatic carbocycles. The van der Waals surface area contributed by atoms with Crippen LogP contribution in [0.2, 0.25) is 0 Å². The monoisotopic (exact) mass is 494 g/mol. The summed E-state index contributed by atoms with van der Waals surface area (Å²) in [5, 5.41) is 3.06. The Labute approximate surface area is 208 Å². The summed E-state index contributed by atoms with van der Waals surface area (Å²) in [7, 11) is 0.250. The summed E-state index contributed by atoms with van der Waals surface area (Å²) in [6.45, 7) is 5.65. The number of aryl methyl sites for hydroxylation is 1. The van der Waals surface area contributed by atoms with E-state index < -0.39 is 10.0 Å². The molecule has 4 rings (SSSR count). The maximum atomic E-state index is 13.0. The van der Waals surface area contributed by atoms with E-state index in [0.717, 1.165) is 22.4 Å². The van der Waals surface area contributed by atoms with E-state index >= 15 is 0 Å². The third-order valence-corrected chi connectivity index (χ3v) is 8.17. The molecule has 7 nitrogen and oxygen atoms in total. The van der Waals surface area contributed by atoms with Crippen molar-refractivity contribution in [3.8, 4) is 0 Å². The summed E-state index contributed by atoms with van der Waals surface area (Å²) in [4.78, 5) is 17.2. The number of hydrogen-bond acceptors (Lipinski definition) is 5. The van der Waals surface area contributed by atoms with Gasteiger partial charge in [-0.1, -0.05) is 48.9 Å². The van der Waals surface area contributed by atoms with E-state index in [1.165, 1.54) is 0 Å². The maximum Gasteiger partial charge on any atom is 0.285 e. The topological polar surface area (TPSA) is 82.1 Å². The Morgan fingerprint density at radius 3 is 2.26 bits per heavy atom. The molecule has 1 amide bonds. The van der Waals surface area contributed by atoms with Gasteiger partial charge in [-0.05, 0) is 49.4 Å². The molecule has 0 saturated carbocycles. The predicted molar refractivity (Wildman–Crippen MR) is 142 cm³/mol. The largest absolute Gasteiger partial charge is 0.378 e. The molecular weight excluding hydrogens is 460 g/mol. The van der Waals surface area contributed by atoms with Crippen LogP contribution >= 0.6 is 0 Å². The molecule has 1 saturated heterocycles. The second-order valence-corrected chi connectivity index (χ2v) is 11.0. The second kappa shape index (κ2) is 10.2. The summed E-state index contributed by atoms with van der Waals surface area (Å²) >= 11 is 0. The molecule has 0 spiro atoms. The van der Waals surface area contributed by atoms with Crippen molar-refractivity contribution in [2.45, 2.75) is 39.7 Å². The SMILES string of the molecule is CCC1=C(c2ccc(C)cc2)S(=O)(=O)N=C1N1CCC(C(=O)NCc2ccc(N(C)C)cc2)CC1. The zero-order valence-corrected chi connectivity index (χ0v) is 21.7. The molecule has 0 bridgehead atoms. The lowest BCUT2D eigenvalue weighted by Crippen LogP contribution is -2.43. The summed E-state index contributed by atoms with van der Waals surface area (Å²) < 4.78 is 30.1. The Morgan fingerprint density at radius 2 is 1.69 bits per heavy atom. The van der Waals surface area contributed by atoms with Crippen molar-refractivity contribution in [3.63, 3.8) is 0 Å². The highest BCUT2D eigenvalue weighted by Crippen LogP contribution is 2.36. The molecule has 2 heterocycles. The molecule has 0 aromatic heterocycles. The van der Waals surface area contributed by atoms with Gasteiger partial charge in [0.05, 0.1) is 0 Å². The zero-order valence-electron chi connectivity index (χ0n) is 20.9. The van der Waals surface area contributed by atoms with Crippen molar-refractivity contribution in [1.29, 1.82) is 0 Å². The van der Waals surface area contributed by atoms with Crippen LogP contribution in [-0.2, 0) is 21.4 Å². The molecule has 186 valence electrons. The number of anilines is 1. The van der Waals surface area contributed by atoms with Gasteiger partial charge in [-0.15, -0.1) is 4.40 Å². The smallest absolute Gasteiger partial charge is 0.285 e. The zero-order chi connectivity index (χ0) is 25.2. The first-order chi connectivity index (χ1) is 16.7. The van der Waals surface area contributed by atoms with Gasteiger partial charge in [-0.2, -0.15) is 8.42 Å². The van der Waals surface area contributed by atoms with E-state index in [9.17, 15) is 13.2 Å². The first-order valence-electron chi connectivity index (χ1n) is 12.1. The number of piperidine rings is 1. The van der Waals surface area contributed by atoms with Crippen molar-refractivity contribution in [2.24, 2.45) is 10.3 Å². The van der Waals surface area contributed by atoms with E-state index in [-0.39, 0.29) is 11.8 Å². The van der Waals surface area contributed by atoms with Crippen LogP contribution < -0.4 is 10.2 Å². The van der Waals surface area contributed by atoms with Gasteiger partial charge in [0.1, 0.15) is 10.7 Å². The minimum Gasteiger partial charge on any atom is -0.378 e. The fourth-order valence-electron chi connectivity index (χ4n) is 4.67. The van der Waals surface area contributed by atoms with Gasteiger partial charge in [0.2, 0.25) is 5.91 Å². The highest BCUT2D eigenvalue weighted by atomic mass is 32.2. The molecule has 35 heavy (non-hydrogen) atoms. The fraction of sp³-hybridized carbons (Fsp3) is 0.407. The van der Waals surface area contributed by atoms with Gasteiger partial charge in [0, 0.05) is 50.9 Å². The molecule has 0 aliphatic carbocycles. The highest BCUT2D eigenvalue weighted by molar-refractivity contribution is 8.00. The molecule has 2 aliphatic rings. The van der Waals surface area contributed by atoms with Gasteiger partial charge in [-0.3, -0.25) is 4.79 Å². The van der Waals surface area contributed by atoms with Crippen LogP contribution in [0.4, 0.5) is 5.69 Å². The third-order valence-electron chi connectivity index (χ3n) is 6.76. The van der Waals surface area contributed by atoms with E-state index in [4.69, 9.17) is 0 Å². The number of nitrogens with one attached hydrogen (secondary N) is 1. The lowest BCUT2D eigenvalue weighted by Gasteiger charge is -2.33. The van der Waals surface area contributed by atoms with Crippen molar-refractivity contribution in [3.05, 3.63) is 70.8 Å². The molecule has 8 heteroatoms. The molecule has 2 aliphatic heterocycles. The molecule has 0 atom stereocenters. The van der Waals surface area contributed by atoms with Crippen LogP contribution in [0.5, 0.6) is 0 Å². The molecule has 1 fully saturated rings. The lowest BCUT2D eigenvalue weighted by molar-refractivity contribution is -0.126. The van der Waals surface area contributed by atoms with Gasteiger partial charge < -0.3 is 15.1 Å². The summed E-state index contributed by atoms with van der Waals surface area (Å²) in [6, 6.07) is 15.7. The van der Waals surface area contributed by atoms with Crippen LogP contribution in [0.3, 0.4) is 0 Å². The molecular formula is C27H34N4O3S. The quantitative estimate of drug-likeness (QED) is 0.658. The summed E-state index contributed by atoms with van der Waals surface area (Å²) in [5.74, 6) is 0.508. The van der Waals surface area contributed by atoms with E-state index in [1.54, 1.807) is 0 Å². The van der Waals surface area contributed by atoms with Crippen LogP contribution in [0.25, 0.3) is 4.91 Å². The molecule has 2 aromatic rings. The van der Waals surface area contributed by atoms with Gasteiger partial charge >= 0.3 is 0 Å². The molecule has 0 radical (unpaired) electrons. The van der Waals surface area contributed by atoms with Gasteiger partial charge in [0.15, 0.2) is 0 Å². The number of amidine groups is 1. The van der Waals surface area contributed by atoms with Crippen molar-refractivity contribution in [2.75, 3.05) is 32.1 Å². The Hall–Kier alpha value is -3.13. The average Bonchev–Trinajstić information content (AvgIpc) is 3.13. The van der Waals surface area contributed by atoms with E-state index in [1.807, 2.05) is 86.3 Å². The Morgan fingerprint density at radius 1 is 1.06 bits per heavy atom. The number of hydrogen-bond donors (Lipinski definition) is 1. The number of carbonyl (C=O) groups excluding carboxylic acids is 1. The van der Waals surface area contributed by atoms with Crippen LogP contribution in [0.1, 0.15) is 42.9 Å².